The smallest absolute Gasteiger partial charge is 0.123 e. The van der Waals surface area contributed by atoms with E-state index in [0.29, 0.717) is 6.04 Å². The highest BCUT2D eigenvalue weighted by molar-refractivity contribution is 6.30. The van der Waals surface area contributed by atoms with Crippen molar-refractivity contribution < 1.29 is 4.74 Å². The van der Waals surface area contributed by atoms with Crippen molar-refractivity contribution in [1.29, 1.82) is 0 Å². The third kappa shape index (κ3) is 1.40. The quantitative estimate of drug-likeness (QED) is 0.711. The first-order chi connectivity index (χ1) is 5.81. The van der Waals surface area contributed by atoms with Crippen molar-refractivity contribution in [2.75, 3.05) is 13.7 Å². The zero-order valence-corrected chi connectivity index (χ0v) is 7.56. The van der Waals surface area contributed by atoms with Crippen LogP contribution in [0.5, 0.6) is 5.75 Å². The predicted octanol–water partition coefficient (Wildman–Crippen LogP) is 1.99. The Labute approximate surface area is 76.5 Å². The number of hydrogen-bond acceptors (Lipinski definition) is 2. The topological polar surface area (TPSA) is 31.2 Å². The van der Waals surface area contributed by atoms with Gasteiger partial charge in [0.05, 0.1) is 7.11 Å². The number of benzene rings is 1. The summed E-state index contributed by atoms with van der Waals surface area (Å²) in [7, 11) is 1.68. The molecule has 2 rings (SSSR count). The second-order valence-electron chi connectivity index (χ2n) is 2.85. The summed E-state index contributed by atoms with van der Waals surface area (Å²) in [5, 5.41) is 3.98. The summed E-state index contributed by atoms with van der Waals surface area (Å²) in [5.41, 5.74) is 1.16. The molecule has 0 amide bonds. The highest BCUT2D eigenvalue weighted by Gasteiger charge is 2.25. The fraction of sp³-hybridized carbons (Fsp3) is 0.333. The minimum atomic E-state index is 0.443. The van der Waals surface area contributed by atoms with Crippen LogP contribution in [0.2, 0.25) is 5.02 Å². The third-order valence-corrected chi connectivity index (χ3v) is 2.21. The van der Waals surface area contributed by atoms with Crippen LogP contribution >= 0.6 is 11.6 Å². The van der Waals surface area contributed by atoms with E-state index >= 15 is 0 Å². The Balaban J connectivity index is 2.39. The maximum absolute atomic E-state index is 5.86. The molecule has 1 N–H and O–H groups in total. The molecule has 64 valence electrons. The summed E-state index contributed by atoms with van der Waals surface area (Å²) in [6.07, 6.45) is 0. The second-order valence-corrected chi connectivity index (χ2v) is 3.28. The lowest BCUT2D eigenvalue weighted by molar-refractivity contribution is 0.409. The van der Waals surface area contributed by atoms with Gasteiger partial charge in [-0.05, 0) is 18.2 Å². The molecule has 1 atom stereocenters. The summed E-state index contributed by atoms with van der Waals surface area (Å²) in [6, 6.07) is 6.13. The van der Waals surface area contributed by atoms with Crippen LogP contribution in [0.15, 0.2) is 18.2 Å². The van der Waals surface area contributed by atoms with E-state index in [1.54, 1.807) is 7.11 Å². The molecule has 12 heavy (non-hydrogen) atoms. The highest BCUT2D eigenvalue weighted by Crippen LogP contribution is 2.32. The zero-order valence-electron chi connectivity index (χ0n) is 6.80. The Morgan fingerprint density at radius 3 is 2.92 bits per heavy atom. The average Bonchev–Trinajstić information content (AvgIpc) is 2.87. The number of rotatable bonds is 2. The summed E-state index contributed by atoms with van der Waals surface area (Å²) < 4.78 is 5.20. The molecule has 0 radical (unpaired) electrons. The molecule has 0 spiro atoms. The van der Waals surface area contributed by atoms with E-state index in [4.69, 9.17) is 16.3 Å². The van der Waals surface area contributed by atoms with Gasteiger partial charge in [0.15, 0.2) is 0 Å². The van der Waals surface area contributed by atoms with Gasteiger partial charge in [-0.15, -0.1) is 0 Å². The lowest BCUT2D eigenvalue weighted by Crippen LogP contribution is -1.91. The van der Waals surface area contributed by atoms with Gasteiger partial charge in [0.25, 0.3) is 0 Å². The Morgan fingerprint density at radius 2 is 2.33 bits per heavy atom. The van der Waals surface area contributed by atoms with Gasteiger partial charge in [0.2, 0.25) is 0 Å². The summed E-state index contributed by atoms with van der Waals surface area (Å²) in [5.74, 6) is 0.911. The first kappa shape index (κ1) is 7.90. The van der Waals surface area contributed by atoms with Crippen LogP contribution in [0, 0.1) is 0 Å². The second kappa shape index (κ2) is 2.96. The van der Waals surface area contributed by atoms with Gasteiger partial charge in [-0.2, -0.15) is 0 Å². The molecule has 0 aromatic heterocycles. The maximum atomic E-state index is 5.86. The maximum Gasteiger partial charge on any atom is 0.123 e. The van der Waals surface area contributed by atoms with Crippen molar-refractivity contribution >= 4 is 11.6 Å². The molecule has 3 heteroatoms. The first-order valence-corrected chi connectivity index (χ1v) is 4.26. The molecule has 0 saturated carbocycles. The van der Waals surface area contributed by atoms with Crippen LogP contribution in [-0.2, 0) is 0 Å². The number of methoxy groups -OCH3 is 1. The van der Waals surface area contributed by atoms with E-state index in [2.05, 4.69) is 5.32 Å². The van der Waals surface area contributed by atoms with E-state index in [1.807, 2.05) is 18.2 Å². The number of nitrogens with one attached hydrogen (secondary N) is 1. The Morgan fingerprint density at radius 1 is 1.58 bits per heavy atom. The molecule has 2 nitrogen and oxygen atoms in total. The van der Waals surface area contributed by atoms with Crippen molar-refractivity contribution in [2.24, 2.45) is 0 Å². The number of ether oxygens (including phenoxy) is 1. The molecular weight excluding hydrogens is 174 g/mol. The lowest BCUT2D eigenvalue weighted by Gasteiger charge is -2.06. The van der Waals surface area contributed by atoms with Gasteiger partial charge in [0, 0.05) is 23.2 Å². The third-order valence-electron chi connectivity index (χ3n) is 1.98. The van der Waals surface area contributed by atoms with Crippen LogP contribution in [0.4, 0.5) is 0 Å². The standard InChI is InChI=1S/C9H10ClNO/c1-12-9-3-2-6(10)4-7(9)8-5-11-8/h2-4,8,11H,5H2,1H3. The largest absolute Gasteiger partial charge is 0.496 e. The van der Waals surface area contributed by atoms with Crippen LogP contribution in [0.1, 0.15) is 11.6 Å². The van der Waals surface area contributed by atoms with E-state index in [9.17, 15) is 0 Å². The normalized spacial score (nSPS) is 20.7. The predicted molar refractivity (Wildman–Crippen MR) is 48.7 cm³/mol. The molecule has 1 aromatic rings. The van der Waals surface area contributed by atoms with Gasteiger partial charge in [-0.3, -0.25) is 0 Å². The molecule has 1 aliphatic heterocycles. The minimum Gasteiger partial charge on any atom is -0.496 e. The summed E-state index contributed by atoms with van der Waals surface area (Å²) >= 11 is 5.86. The van der Waals surface area contributed by atoms with Crippen LogP contribution < -0.4 is 10.1 Å². The molecular formula is C9H10ClNO. The Bertz CT molecular complexity index is 297. The monoisotopic (exact) mass is 183 g/mol. The average molecular weight is 184 g/mol. The van der Waals surface area contributed by atoms with Crippen molar-refractivity contribution in [2.45, 2.75) is 6.04 Å². The van der Waals surface area contributed by atoms with Gasteiger partial charge in [-0.25, -0.2) is 0 Å². The van der Waals surface area contributed by atoms with Crippen molar-refractivity contribution in [1.82, 2.24) is 5.32 Å². The summed E-state index contributed by atoms with van der Waals surface area (Å²) in [6.45, 7) is 1.02. The molecule has 0 bridgehead atoms. The molecule has 1 aliphatic rings. The van der Waals surface area contributed by atoms with Gasteiger partial charge < -0.3 is 10.1 Å². The van der Waals surface area contributed by atoms with Crippen LogP contribution in [0.25, 0.3) is 0 Å². The number of halogens is 1. The molecule has 0 aliphatic carbocycles. The summed E-state index contributed by atoms with van der Waals surface area (Å²) in [4.78, 5) is 0. The van der Waals surface area contributed by atoms with E-state index in [1.165, 1.54) is 0 Å². The minimum absolute atomic E-state index is 0.443. The fourth-order valence-electron chi connectivity index (χ4n) is 1.26. The lowest BCUT2D eigenvalue weighted by atomic mass is 10.1. The molecule has 1 saturated heterocycles. The van der Waals surface area contributed by atoms with Gasteiger partial charge in [0.1, 0.15) is 5.75 Å². The molecule has 1 heterocycles. The van der Waals surface area contributed by atoms with Crippen molar-refractivity contribution in [3.8, 4) is 5.75 Å². The van der Waals surface area contributed by atoms with Gasteiger partial charge >= 0.3 is 0 Å². The van der Waals surface area contributed by atoms with E-state index in [-0.39, 0.29) is 0 Å². The van der Waals surface area contributed by atoms with E-state index < -0.39 is 0 Å². The molecule has 1 unspecified atom stereocenters. The van der Waals surface area contributed by atoms with Crippen molar-refractivity contribution in [3.05, 3.63) is 28.8 Å². The van der Waals surface area contributed by atoms with Crippen molar-refractivity contribution in [3.63, 3.8) is 0 Å². The molecule has 1 fully saturated rings. The number of hydrogen-bond donors (Lipinski definition) is 1. The Hall–Kier alpha value is -0.730. The SMILES string of the molecule is COc1ccc(Cl)cc1C1CN1. The van der Waals surface area contributed by atoms with Crippen LogP contribution in [0.3, 0.4) is 0 Å². The van der Waals surface area contributed by atoms with E-state index in [0.717, 1.165) is 22.9 Å². The van der Waals surface area contributed by atoms with Crippen LogP contribution in [-0.4, -0.2) is 13.7 Å². The zero-order chi connectivity index (χ0) is 8.55. The molecule has 1 aromatic carbocycles. The fourth-order valence-corrected chi connectivity index (χ4v) is 1.44. The van der Waals surface area contributed by atoms with Gasteiger partial charge in [-0.1, -0.05) is 11.6 Å². The highest BCUT2D eigenvalue weighted by atomic mass is 35.5. The first-order valence-electron chi connectivity index (χ1n) is 3.88. The Kier molecular flexibility index (Phi) is 1.95.